The maximum Gasteiger partial charge on any atom is 0.401 e. The van der Waals surface area contributed by atoms with Gasteiger partial charge in [-0.1, -0.05) is 6.07 Å². The van der Waals surface area contributed by atoms with Crippen LogP contribution in [-0.4, -0.2) is 45.0 Å². The van der Waals surface area contributed by atoms with E-state index in [1.54, 1.807) is 10.8 Å². The van der Waals surface area contributed by atoms with E-state index in [-0.39, 0.29) is 10.5 Å². The molecular formula is C13H14F3N3O3S. The zero-order valence-electron chi connectivity index (χ0n) is 12.3. The fourth-order valence-corrected chi connectivity index (χ4v) is 2.72. The lowest BCUT2D eigenvalue weighted by molar-refractivity contribution is -0.150. The van der Waals surface area contributed by atoms with Crippen molar-refractivity contribution in [2.45, 2.75) is 24.0 Å². The number of nitrogens with zero attached hydrogens (tertiary/aromatic N) is 2. The molecule has 23 heavy (non-hydrogen) atoms. The Labute approximate surface area is 131 Å². The number of carbonyl (C=O) groups excluding carboxylic acids is 1. The van der Waals surface area contributed by atoms with E-state index in [1.165, 1.54) is 18.2 Å². The fourth-order valence-electron chi connectivity index (χ4n) is 1.63. The number of alkyl halides is 3. The molecule has 1 aromatic carbocycles. The van der Waals surface area contributed by atoms with E-state index >= 15 is 0 Å². The van der Waals surface area contributed by atoms with Crippen molar-refractivity contribution in [3.63, 3.8) is 0 Å². The molecule has 0 aliphatic rings. The maximum atomic E-state index is 12.3. The maximum absolute atomic E-state index is 12.3. The number of likely N-dealkylation sites (N-methyl/N-ethyl adjacent to an activating group) is 1. The summed E-state index contributed by atoms with van der Waals surface area (Å²) in [5.41, 5.74) is 0.0718. The third kappa shape index (κ3) is 5.54. The molecule has 0 saturated carbocycles. The van der Waals surface area contributed by atoms with Crippen LogP contribution in [0.5, 0.6) is 0 Å². The second kappa shape index (κ2) is 6.97. The summed E-state index contributed by atoms with van der Waals surface area (Å²) in [7, 11) is -3.22. The van der Waals surface area contributed by atoms with Crippen LogP contribution in [0.15, 0.2) is 29.2 Å². The Morgan fingerprint density at radius 1 is 1.43 bits per heavy atom. The summed E-state index contributed by atoms with van der Waals surface area (Å²) in [5, 5.41) is 8.73. The Bertz CT molecular complexity index is 726. The first-order valence-corrected chi connectivity index (χ1v) is 7.78. The minimum atomic E-state index is -4.51. The van der Waals surface area contributed by atoms with Gasteiger partial charge in [-0.2, -0.15) is 18.4 Å². The highest BCUT2D eigenvalue weighted by atomic mass is 32.2. The predicted octanol–water partition coefficient (Wildman–Crippen LogP) is 1.25. The van der Waals surface area contributed by atoms with E-state index in [0.717, 1.165) is 20.0 Å². The van der Waals surface area contributed by atoms with Crippen LogP contribution in [0.1, 0.15) is 12.5 Å². The molecule has 0 unspecified atom stereocenters. The normalized spacial score (nSPS) is 13.4. The zero-order chi connectivity index (χ0) is 17.8. The molecule has 0 bridgehead atoms. The van der Waals surface area contributed by atoms with E-state index in [1.807, 2.05) is 0 Å². The molecule has 0 radical (unpaired) electrons. The summed E-state index contributed by atoms with van der Waals surface area (Å²) in [6.45, 7) is -0.201. The molecule has 0 heterocycles. The molecule has 1 N–H and O–H groups in total. The van der Waals surface area contributed by atoms with Gasteiger partial charge in [-0.25, -0.2) is 13.1 Å². The van der Waals surface area contributed by atoms with Gasteiger partial charge in [-0.15, -0.1) is 0 Å². The molecule has 1 rings (SSSR count). The van der Waals surface area contributed by atoms with Gasteiger partial charge in [0.15, 0.2) is 0 Å². The Morgan fingerprint density at radius 3 is 2.57 bits per heavy atom. The molecule has 6 nitrogen and oxygen atoms in total. The molecule has 1 aromatic rings. The fraction of sp³-hybridized carbons (Fsp3) is 0.385. The first kappa shape index (κ1) is 18.9. The number of sulfonamides is 1. The number of amides is 1. The van der Waals surface area contributed by atoms with Gasteiger partial charge < -0.3 is 0 Å². The minimum Gasteiger partial charge on any atom is -0.287 e. The third-order valence-corrected chi connectivity index (χ3v) is 4.32. The van der Waals surface area contributed by atoms with E-state index < -0.39 is 34.7 Å². The molecule has 0 aliphatic carbocycles. The highest BCUT2D eigenvalue weighted by Crippen LogP contribution is 2.17. The van der Waals surface area contributed by atoms with E-state index in [2.05, 4.69) is 0 Å². The van der Waals surface area contributed by atoms with Gasteiger partial charge in [-0.05, 0) is 32.2 Å². The largest absolute Gasteiger partial charge is 0.401 e. The van der Waals surface area contributed by atoms with Crippen molar-refractivity contribution in [3.05, 3.63) is 29.8 Å². The quantitative estimate of drug-likeness (QED) is 0.864. The SMILES string of the molecule is C[C@@H](C(=O)NS(=O)(=O)c1cccc(C#N)c1)N(C)CC(F)(F)F. The molecule has 0 aliphatic heterocycles. The summed E-state index contributed by atoms with van der Waals surface area (Å²) >= 11 is 0. The first-order chi connectivity index (χ1) is 10.5. The van der Waals surface area contributed by atoms with Crippen LogP contribution in [0.3, 0.4) is 0 Å². The highest BCUT2D eigenvalue weighted by molar-refractivity contribution is 7.90. The molecule has 126 valence electrons. The van der Waals surface area contributed by atoms with Crippen LogP contribution in [-0.2, 0) is 14.8 Å². The number of hydrogen-bond donors (Lipinski definition) is 1. The minimum absolute atomic E-state index is 0.0718. The molecule has 1 atom stereocenters. The summed E-state index contributed by atoms with van der Waals surface area (Å²) in [6, 6.07) is 5.35. The van der Waals surface area contributed by atoms with Gasteiger partial charge >= 0.3 is 6.18 Å². The average molecular weight is 349 g/mol. The second-order valence-electron chi connectivity index (χ2n) is 4.82. The molecule has 10 heteroatoms. The van der Waals surface area contributed by atoms with Crippen molar-refractivity contribution in [1.29, 1.82) is 5.26 Å². The second-order valence-corrected chi connectivity index (χ2v) is 6.50. The Kier molecular flexibility index (Phi) is 5.74. The molecular weight excluding hydrogens is 335 g/mol. The number of halogens is 3. The van der Waals surface area contributed by atoms with Crippen LogP contribution in [0.25, 0.3) is 0 Å². The molecule has 1 amide bonds. The average Bonchev–Trinajstić information content (AvgIpc) is 2.44. The predicted molar refractivity (Wildman–Crippen MR) is 74.6 cm³/mol. The Morgan fingerprint density at radius 2 is 2.04 bits per heavy atom. The molecule has 0 fully saturated rings. The summed E-state index contributed by atoms with van der Waals surface area (Å²) in [5.74, 6) is -1.10. The number of nitrogens with one attached hydrogen (secondary N) is 1. The molecule has 0 aromatic heterocycles. The van der Waals surface area contributed by atoms with Crippen molar-refractivity contribution in [2.24, 2.45) is 0 Å². The van der Waals surface area contributed by atoms with Crippen molar-refractivity contribution in [1.82, 2.24) is 9.62 Å². The first-order valence-electron chi connectivity index (χ1n) is 6.30. The number of rotatable bonds is 5. The molecule has 0 spiro atoms. The lowest BCUT2D eigenvalue weighted by Gasteiger charge is -2.24. The van der Waals surface area contributed by atoms with Crippen LogP contribution >= 0.6 is 0 Å². The van der Waals surface area contributed by atoms with E-state index in [9.17, 15) is 26.4 Å². The van der Waals surface area contributed by atoms with Crippen molar-refractivity contribution in [3.8, 4) is 6.07 Å². The third-order valence-electron chi connectivity index (χ3n) is 2.98. The van der Waals surface area contributed by atoms with Crippen LogP contribution in [0, 0.1) is 11.3 Å². The Hall–Kier alpha value is -2.12. The standard InChI is InChI=1S/C13H14F3N3O3S/c1-9(19(2)8-13(14,15)16)12(20)18-23(21,22)11-5-3-4-10(6-11)7-17/h3-6,9H,8H2,1-2H3,(H,18,20)/t9-/m0/s1. The molecule has 0 saturated heterocycles. The lowest BCUT2D eigenvalue weighted by atomic mass is 10.2. The number of hydrogen-bond acceptors (Lipinski definition) is 5. The zero-order valence-corrected chi connectivity index (χ0v) is 13.1. The Balaban J connectivity index is 2.88. The monoisotopic (exact) mass is 349 g/mol. The van der Waals surface area contributed by atoms with Crippen molar-refractivity contribution >= 4 is 15.9 Å². The summed E-state index contributed by atoms with van der Waals surface area (Å²) in [4.78, 5) is 12.2. The van der Waals surface area contributed by atoms with E-state index in [4.69, 9.17) is 5.26 Å². The topological polar surface area (TPSA) is 90.3 Å². The van der Waals surface area contributed by atoms with Crippen LogP contribution < -0.4 is 4.72 Å². The van der Waals surface area contributed by atoms with Gasteiger partial charge in [0.1, 0.15) is 0 Å². The number of nitriles is 1. The van der Waals surface area contributed by atoms with Gasteiger partial charge in [0.05, 0.1) is 29.1 Å². The number of benzene rings is 1. The van der Waals surface area contributed by atoms with E-state index in [0.29, 0.717) is 4.90 Å². The number of carbonyl (C=O) groups is 1. The highest BCUT2D eigenvalue weighted by Gasteiger charge is 2.33. The van der Waals surface area contributed by atoms with Crippen molar-refractivity contribution < 1.29 is 26.4 Å². The lowest BCUT2D eigenvalue weighted by Crippen LogP contribution is -2.47. The van der Waals surface area contributed by atoms with Crippen LogP contribution in [0.4, 0.5) is 13.2 Å². The summed E-state index contributed by atoms with van der Waals surface area (Å²) < 4.78 is 62.7. The smallest absolute Gasteiger partial charge is 0.287 e. The van der Waals surface area contributed by atoms with Crippen molar-refractivity contribution in [2.75, 3.05) is 13.6 Å². The van der Waals surface area contributed by atoms with Gasteiger partial charge in [-0.3, -0.25) is 9.69 Å². The van der Waals surface area contributed by atoms with Gasteiger partial charge in [0.25, 0.3) is 15.9 Å². The van der Waals surface area contributed by atoms with Crippen LogP contribution in [0.2, 0.25) is 0 Å². The summed E-state index contributed by atoms with van der Waals surface area (Å²) in [6.07, 6.45) is -4.51. The van der Waals surface area contributed by atoms with Gasteiger partial charge in [0.2, 0.25) is 0 Å². The van der Waals surface area contributed by atoms with Gasteiger partial charge in [0, 0.05) is 0 Å².